The summed E-state index contributed by atoms with van der Waals surface area (Å²) in [6.45, 7) is 5.14. The van der Waals surface area contributed by atoms with E-state index in [2.05, 4.69) is 11.9 Å². The van der Waals surface area contributed by atoms with E-state index in [1.165, 1.54) is 0 Å². The van der Waals surface area contributed by atoms with E-state index in [1.807, 2.05) is 43.3 Å². The number of pyridine rings is 1. The van der Waals surface area contributed by atoms with Crippen LogP contribution in [-0.4, -0.2) is 11.6 Å². The van der Waals surface area contributed by atoms with Crippen LogP contribution in [0.4, 0.5) is 0 Å². The van der Waals surface area contributed by atoms with Crippen molar-refractivity contribution >= 4 is 0 Å². The highest BCUT2D eigenvalue weighted by atomic mass is 16.5. The summed E-state index contributed by atoms with van der Waals surface area (Å²) in [7, 11) is 0. The van der Waals surface area contributed by atoms with Gasteiger partial charge in [-0.05, 0) is 37.1 Å². The summed E-state index contributed by atoms with van der Waals surface area (Å²) in [5, 5.41) is 0. The third kappa shape index (κ3) is 4.20. The first-order valence-corrected chi connectivity index (χ1v) is 7.36. The number of nitrogens with two attached hydrogens (primary N) is 1. The Morgan fingerprint density at radius 2 is 1.86 bits per heavy atom. The minimum absolute atomic E-state index is 0.475. The van der Waals surface area contributed by atoms with Crippen LogP contribution in [0.1, 0.15) is 31.5 Å². The van der Waals surface area contributed by atoms with E-state index >= 15 is 0 Å². The third-order valence-corrected chi connectivity index (χ3v) is 3.02. The number of rotatable bonds is 7. The molecule has 0 saturated heterocycles. The average Bonchev–Trinajstić information content (AvgIpc) is 2.49. The van der Waals surface area contributed by atoms with E-state index in [4.69, 9.17) is 15.2 Å². The van der Waals surface area contributed by atoms with Crippen molar-refractivity contribution in [1.82, 2.24) is 4.98 Å². The molecule has 1 heterocycles. The lowest BCUT2D eigenvalue weighted by Gasteiger charge is -2.12. The molecule has 1 aromatic heterocycles. The van der Waals surface area contributed by atoms with Crippen LogP contribution in [0.15, 0.2) is 36.4 Å². The number of ether oxygens (including phenoxy) is 2. The van der Waals surface area contributed by atoms with Crippen LogP contribution in [0, 0.1) is 0 Å². The zero-order chi connectivity index (χ0) is 15.1. The van der Waals surface area contributed by atoms with Crippen LogP contribution < -0.4 is 15.2 Å². The van der Waals surface area contributed by atoms with Crippen molar-refractivity contribution in [1.29, 1.82) is 0 Å². The van der Waals surface area contributed by atoms with Crippen molar-refractivity contribution in [3.8, 4) is 17.4 Å². The van der Waals surface area contributed by atoms with Crippen molar-refractivity contribution in [2.75, 3.05) is 6.61 Å². The molecule has 21 heavy (non-hydrogen) atoms. The second kappa shape index (κ2) is 7.64. The first-order chi connectivity index (χ1) is 10.3. The highest BCUT2D eigenvalue weighted by Crippen LogP contribution is 2.31. The van der Waals surface area contributed by atoms with E-state index in [0.29, 0.717) is 24.8 Å². The molecule has 0 spiro atoms. The number of benzene rings is 1. The Balaban J connectivity index is 2.28. The third-order valence-electron chi connectivity index (χ3n) is 3.02. The van der Waals surface area contributed by atoms with Crippen molar-refractivity contribution in [3.63, 3.8) is 0 Å². The summed E-state index contributed by atoms with van der Waals surface area (Å²) in [5.74, 6) is 1.95. The van der Waals surface area contributed by atoms with Gasteiger partial charge in [0.25, 0.3) is 0 Å². The molecular weight excluding hydrogens is 264 g/mol. The monoisotopic (exact) mass is 286 g/mol. The van der Waals surface area contributed by atoms with Gasteiger partial charge in [0, 0.05) is 18.3 Å². The van der Waals surface area contributed by atoms with Gasteiger partial charge in [-0.25, -0.2) is 4.98 Å². The number of aromatic nitrogens is 1. The van der Waals surface area contributed by atoms with Gasteiger partial charge in [0.1, 0.15) is 0 Å². The quantitative estimate of drug-likeness (QED) is 0.843. The Kier molecular flexibility index (Phi) is 5.58. The molecule has 112 valence electrons. The highest BCUT2D eigenvalue weighted by molar-refractivity contribution is 5.42. The predicted octanol–water partition coefficient (Wildman–Crippen LogP) is 3.68. The topological polar surface area (TPSA) is 57.4 Å². The smallest absolute Gasteiger partial charge is 0.219 e. The van der Waals surface area contributed by atoms with E-state index in [0.717, 1.165) is 29.8 Å². The highest BCUT2D eigenvalue weighted by Gasteiger charge is 2.08. The molecule has 0 saturated carbocycles. The summed E-state index contributed by atoms with van der Waals surface area (Å²) in [5.41, 5.74) is 7.78. The minimum Gasteiger partial charge on any atom is -0.490 e. The largest absolute Gasteiger partial charge is 0.490 e. The number of hydrogen-bond donors (Lipinski definition) is 1. The van der Waals surface area contributed by atoms with E-state index in [-0.39, 0.29) is 0 Å². The fourth-order valence-corrected chi connectivity index (χ4v) is 2.10. The summed E-state index contributed by atoms with van der Waals surface area (Å²) in [6, 6.07) is 11.5. The molecule has 0 radical (unpaired) electrons. The molecule has 1 aromatic carbocycles. The minimum atomic E-state index is 0.475. The maximum atomic E-state index is 5.90. The molecule has 0 aliphatic carbocycles. The van der Waals surface area contributed by atoms with Gasteiger partial charge >= 0.3 is 0 Å². The van der Waals surface area contributed by atoms with Gasteiger partial charge in [-0.1, -0.05) is 25.5 Å². The van der Waals surface area contributed by atoms with Crippen LogP contribution >= 0.6 is 0 Å². The molecule has 4 nitrogen and oxygen atoms in total. The zero-order valence-electron chi connectivity index (χ0n) is 12.6. The van der Waals surface area contributed by atoms with Crippen molar-refractivity contribution in [2.45, 2.75) is 33.2 Å². The van der Waals surface area contributed by atoms with Gasteiger partial charge in [0.2, 0.25) is 5.88 Å². The molecule has 0 amide bonds. The van der Waals surface area contributed by atoms with Gasteiger partial charge in [-0.3, -0.25) is 0 Å². The number of para-hydroxylation sites is 2. The van der Waals surface area contributed by atoms with E-state index in [9.17, 15) is 0 Å². The lowest BCUT2D eigenvalue weighted by Crippen LogP contribution is -2.02. The Hall–Kier alpha value is -2.07. The summed E-state index contributed by atoms with van der Waals surface area (Å²) < 4.78 is 11.5. The van der Waals surface area contributed by atoms with Gasteiger partial charge in [0.05, 0.1) is 6.61 Å². The molecule has 0 aliphatic rings. The molecule has 2 N–H and O–H groups in total. The zero-order valence-corrected chi connectivity index (χ0v) is 12.6. The van der Waals surface area contributed by atoms with Crippen LogP contribution in [0.5, 0.6) is 17.4 Å². The van der Waals surface area contributed by atoms with Crippen LogP contribution in [0.2, 0.25) is 0 Å². The Morgan fingerprint density at radius 3 is 2.52 bits per heavy atom. The summed E-state index contributed by atoms with van der Waals surface area (Å²) in [6.07, 6.45) is 1.95. The van der Waals surface area contributed by atoms with Gasteiger partial charge in [-0.2, -0.15) is 0 Å². The lowest BCUT2D eigenvalue weighted by atomic mass is 10.1. The second-order valence-corrected chi connectivity index (χ2v) is 4.74. The van der Waals surface area contributed by atoms with Crippen LogP contribution in [0.3, 0.4) is 0 Å². The average molecular weight is 286 g/mol. The first kappa shape index (κ1) is 15.3. The van der Waals surface area contributed by atoms with Gasteiger partial charge in [0.15, 0.2) is 11.5 Å². The van der Waals surface area contributed by atoms with E-state index in [1.54, 1.807) is 0 Å². The van der Waals surface area contributed by atoms with Crippen molar-refractivity contribution in [3.05, 3.63) is 47.7 Å². The standard InChI is InChI=1S/C17H22N2O2/c1-3-7-14-10-13(12-18)11-17(19-14)21-16-9-6-5-8-15(16)20-4-2/h5-6,8-11H,3-4,7,12,18H2,1-2H3. The second-order valence-electron chi connectivity index (χ2n) is 4.74. The molecule has 0 bridgehead atoms. The molecule has 0 unspecified atom stereocenters. The van der Waals surface area contributed by atoms with Gasteiger partial charge in [-0.15, -0.1) is 0 Å². The van der Waals surface area contributed by atoms with Crippen molar-refractivity contribution in [2.24, 2.45) is 5.73 Å². The number of nitrogens with zero attached hydrogens (tertiary/aromatic N) is 1. The van der Waals surface area contributed by atoms with E-state index < -0.39 is 0 Å². The Morgan fingerprint density at radius 1 is 1.10 bits per heavy atom. The molecule has 4 heteroatoms. The summed E-state index contributed by atoms with van der Waals surface area (Å²) >= 11 is 0. The Labute approximate surface area is 125 Å². The number of aryl methyl sites for hydroxylation is 1. The maximum Gasteiger partial charge on any atom is 0.219 e. The lowest BCUT2D eigenvalue weighted by molar-refractivity contribution is 0.319. The van der Waals surface area contributed by atoms with Gasteiger partial charge < -0.3 is 15.2 Å². The maximum absolute atomic E-state index is 5.90. The fourth-order valence-electron chi connectivity index (χ4n) is 2.10. The Bertz CT molecular complexity index is 585. The molecule has 0 fully saturated rings. The normalized spacial score (nSPS) is 10.4. The molecular formula is C17H22N2O2. The predicted molar refractivity (Wildman–Crippen MR) is 83.8 cm³/mol. The van der Waals surface area contributed by atoms with Crippen molar-refractivity contribution < 1.29 is 9.47 Å². The van der Waals surface area contributed by atoms with Crippen LogP contribution in [0.25, 0.3) is 0 Å². The van der Waals surface area contributed by atoms with Crippen LogP contribution in [-0.2, 0) is 13.0 Å². The molecule has 0 aliphatic heterocycles. The molecule has 0 atom stereocenters. The molecule has 2 aromatic rings. The first-order valence-electron chi connectivity index (χ1n) is 7.36. The SMILES string of the molecule is CCCc1cc(CN)cc(Oc2ccccc2OCC)n1. The molecule has 2 rings (SSSR count). The summed E-state index contributed by atoms with van der Waals surface area (Å²) in [4.78, 5) is 4.53. The fraction of sp³-hybridized carbons (Fsp3) is 0.353. The number of hydrogen-bond acceptors (Lipinski definition) is 4.